The Morgan fingerprint density at radius 3 is 3.11 bits per heavy atom. The lowest BCUT2D eigenvalue weighted by Gasteiger charge is -2.29. The first kappa shape index (κ1) is 12.0. The molecule has 0 radical (unpaired) electrons. The number of halogens is 1. The number of hydrogen-bond donors (Lipinski definition) is 1. The van der Waals surface area contributed by atoms with Crippen molar-refractivity contribution in [1.29, 1.82) is 0 Å². The van der Waals surface area contributed by atoms with Gasteiger partial charge in [0.15, 0.2) is 0 Å². The molecule has 2 N–H and O–H groups in total. The van der Waals surface area contributed by atoms with Gasteiger partial charge in [0.2, 0.25) is 0 Å². The summed E-state index contributed by atoms with van der Waals surface area (Å²) in [7, 11) is 0. The molecule has 4 nitrogen and oxygen atoms in total. The van der Waals surface area contributed by atoms with Crippen molar-refractivity contribution in [2.75, 3.05) is 13.1 Å². The highest BCUT2D eigenvalue weighted by molar-refractivity contribution is 6.30. The van der Waals surface area contributed by atoms with Gasteiger partial charge in [-0.2, -0.15) is 0 Å². The van der Waals surface area contributed by atoms with Crippen LogP contribution < -0.4 is 5.73 Å². The van der Waals surface area contributed by atoms with E-state index in [4.69, 9.17) is 17.3 Å². The Kier molecular flexibility index (Phi) is 3.24. The third kappa shape index (κ3) is 2.51. The van der Waals surface area contributed by atoms with E-state index in [9.17, 15) is 0 Å². The van der Waals surface area contributed by atoms with Crippen LogP contribution in [0.5, 0.6) is 0 Å². The summed E-state index contributed by atoms with van der Waals surface area (Å²) in [5.41, 5.74) is 8.00. The SMILES string of the molecule is NC1CCCN(Cc2cn3cc(Cl)ccc3n2)C1. The van der Waals surface area contributed by atoms with Gasteiger partial charge in [0.05, 0.1) is 10.7 Å². The van der Waals surface area contributed by atoms with Crippen molar-refractivity contribution < 1.29 is 0 Å². The number of hydrogen-bond acceptors (Lipinski definition) is 3. The number of likely N-dealkylation sites (tertiary alicyclic amines) is 1. The van der Waals surface area contributed by atoms with Gasteiger partial charge in [-0.1, -0.05) is 11.6 Å². The summed E-state index contributed by atoms with van der Waals surface area (Å²) in [6, 6.07) is 4.11. The number of rotatable bonds is 2. The van der Waals surface area contributed by atoms with Gasteiger partial charge in [-0.3, -0.25) is 4.90 Å². The lowest BCUT2D eigenvalue weighted by molar-refractivity contribution is 0.200. The minimum absolute atomic E-state index is 0.310. The van der Waals surface area contributed by atoms with E-state index >= 15 is 0 Å². The van der Waals surface area contributed by atoms with Crippen molar-refractivity contribution in [2.24, 2.45) is 5.73 Å². The zero-order chi connectivity index (χ0) is 12.5. The maximum Gasteiger partial charge on any atom is 0.137 e. The molecule has 3 rings (SSSR count). The Labute approximate surface area is 111 Å². The molecule has 0 amide bonds. The lowest BCUT2D eigenvalue weighted by atomic mass is 10.1. The zero-order valence-corrected chi connectivity index (χ0v) is 11.0. The molecule has 5 heteroatoms. The molecule has 0 spiro atoms. The Morgan fingerprint density at radius 2 is 2.28 bits per heavy atom. The molecule has 0 saturated carbocycles. The fraction of sp³-hybridized carbons (Fsp3) is 0.462. The maximum atomic E-state index is 5.99. The van der Waals surface area contributed by atoms with Crippen LogP contribution in [0.2, 0.25) is 5.02 Å². The molecule has 0 aliphatic carbocycles. The summed E-state index contributed by atoms with van der Waals surface area (Å²) in [5.74, 6) is 0. The van der Waals surface area contributed by atoms with Crippen molar-refractivity contribution in [1.82, 2.24) is 14.3 Å². The summed E-state index contributed by atoms with van der Waals surface area (Å²) in [6.45, 7) is 2.95. The Morgan fingerprint density at radius 1 is 1.39 bits per heavy atom. The molecule has 1 atom stereocenters. The summed E-state index contributed by atoms with van der Waals surface area (Å²) in [5, 5.41) is 0.728. The summed E-state index contributed by atoms with van der Waals surface area (Å²) in [6.07, 6.45) is 6.24. The predicted octanol–water partition coefficient (Wildman–Crippen LogP) is 1.91. The first-order chi connectivity index (χ1) is 8.70. The minimum atomic E-state index is 0.310. The number of piperidine rings is 1. The molecule has 1 unspecified atom stereocenters. The molecule has 0 bridgehead atoms. The van der Waals surface area contributed by atoms with Gasteiger partial charge < -0.3 is 10.1 Å². The molecule has 18 heavy (non-hydrogen) atoms. The molecule has 1 saturated heterocycles. The molecule has 0 aromatic carbocycles. The Bertz CT molecular complexity index is 551. The second kappa shape index (κ2) is 4.88. The highest BCUT2D eigenvalue weighted by atomic mass is 35.5. The minimum Gasteiger partial charge on any atom is -0.327 e. The van der Waals surface area contributed by atoms with Crippen LogP contribution in [0.15, 0.2) is 24.5 Å². The van der Waals surface area contributed by atoms with Crippen molar-refractivity contribution in [3.8, 4) is 0 Å². The van der Waals surface area contributed by atoms with E-state index in [-0.39, 0.29) is 0 Å². The topological polar surface area (TPSA) is 46.6 Å². The predicted molar refractivity (Wildman–Crippen MR) is 72.7 cm³/mol. The van der Waals surface area contributed by atoms with Gasteiger partial charge in [-0.25, -0.2) is 4.98 Å². The average molecular weight is 265 g/mol. The van der Waals surface area contributed by atoms with Crippen LogP contribution in [-0.4, -0.2) is 33.4 Å². The van der Waals surface area contributed by atoms with Crippen molar-refractivity contribution in [3.05, 3.63) is 35.2 Å². The first-order valence-corrected chi connectivity index (χ1v) is 6.69. The van der Waals surface area contributed by atoms with Gasteiger partial charge in [0.25, 0.3) is 0 Å². The summed E-state index contributed by atoms with van der Waals surface area (Å²) >= 11 is 5.96. The standard InChI is InChI=1S/C13H17ClN4/c14-10-3-4-13-16-12(9-18(13)6-10)8-17-5-1-2-11(15)7-17/h3-4,6,9,11H,1-2,5,7-8,15H2. The molecule has 3 heterocycles. The van der Waals surface area contributed by atoms with Crippen LogP contribution >= 0.6 is 11.6 Å². The number of nitrogens with two attached hydrogens (primary N) is 1. The molecule has 1 fully saturated rings. The van der Waals surface area contributed by atoms with E-state index in [0.29, 0.717) is 6.04 Å². The quantitative estimate of drug-likeness (QED) is 0.901. The monoisotopic (exact) mass is 264 g/mol. The largest absolute Gasteiger partial charge is 0.327 e. The molecule has 96 valence electrons. The van der Waals surface area contributed by atoms with E-state index < -0.39 is 0 Å². The number of aromatic nitrogens is 2. The summed E-state index contributed by atoms with van der Waals surface area (Å²) < 4.78 is 1.97. The molecule has 1 aliphatic rings. The fourth-order valence-electron chi connectivity index (χ4n) is 2.56. The van der Waals surface area contributed by atoms with E-state index in [0.717, 1.165) is 42.4 Å². The van der Waals surface area contributed by atoms with E-state index in [1.165, 1.54) is 6.42 Å². The van der Waals surface area contributed by atoms with E-state index in [2.05, 4.69) is 9.88 Å². The van der Waals surface area contributed by atoms with Crippen LogP contribution in [0.4, 0.5) is 0 Å². The third-order valence-electron chi connectivity index (χ3n) is 3.39. The number of imidazole rings is 1. The molecule has 2 aromatic heterocycles. The van der Waals surface area contributed by atoms with Gasteiger partial charge in [0.1, 0.15) is 5.65 Å². The third-order valence-corrected chi connectivity index (χ3v) is 3.62. The average Bonchev–Trinajstić information content (AvgIpc) is 2.70. The van der Waals surface area contributed by atoms with Gasteiger partial charge in [-0.05, 0) is 31.5 Å². The first-order valence-electron chi connectivity index (χ1n) is 6.32. The molecular formula is C13H17ClN4. The van der Waals surface area contributed by atoms with Crippen molar-refractivity contribution in [2.45, 2.75) is 25.4 Å². The maximum absolute atomic E-state index is 5.99. The van der Waals surface area contributed by atoms with Gasteiger partial charge in [0, 0.05) is 31.5 Å². The second-order valence-electron chi connectivity index (χ2n) is 4.98. The van der Waals surface area contributed by atoms with E-state index in [1.54, 1.807) is 0 Å². The fourth-order valence-corrected chi connectivity index (χ4v) is 2.73. The van der Waals surface area contributed by atoms with E-state index in [1.807, 2.05) is 28.9 Å². The number of pyridine rings is 1. The van der Waals surface area contributed by atoms with Crippen LogP contribution in [0.1, 0.15) is 18.5 Å². The van der Waals surface area contributed by atoms with Crippen LogP contribution in [0.3, 0.4) is 0 Å². The van der Waals surface area contributed by atoms with Gasteiger partial charge >= 0.3 is 0 Å². The number of fused-ring (bicyclic) bond motifs is 1. The normalized spacial score (nSPS) is 21.6. The highest BCUT2D eigenvalue weighted by Crippen LogP contribution is 2.15. The number of nitrogens with zero attached hydrogens (tertiary/aromatic N) is 3. The van der Waals surface area contributed by atoms with Crippen molar-refractivity contribution >= 4 is 17.2 Å². The van der Waals surface area contributed by atoms with Crippen LogP contribution in [0.25, 0.3) is 5.65 Å². The van der Waals surface area contributed by atoms with Crippen LogP contribution in [0, 0.1) is 0 Å². The zero-order valence-electron chi connectivity index (χ0n) is 10.2. The summed E-state index contributed by atoms with van der Waals surface area (Å²) in [4.78, 5) is 6.97. The van der Waals surface area contributed by atoms with Crippen LogP contribution in [-0.2, 0) is 6.54 Å². The van der Waals surface area contributed by atoms with Crippen molar-refractivity contribution in [3.63, 3.8) is 0 Å². The Balaban J connectivity index is 1.78. The smallest absolute Gasteiger partial charge is 0.137 e. The molecule has 2 aromatic rings. The lowest BCUT2D eigenvalue weighted by Crippen LogP contribution is -2.42. The van der Waals surface area contributed by atoms with Gasteiger partial charge in [-0.15, -0.1) is 0 Å². The highest BCUT2D eigenvalue weighted by Gasteiger charge is 2.17. The molecular weight excluding hydrogens is 248 g/mol. The molecule has 1 aliphatic heterocycles. The Hall–Kier alpha value is -1.10. The second-order valence-corrected chi connectivity index (χ2v) is 5.42.